The Morgan fingerprint density at radius 3 is 2.60 bits per heavy atom. The van der Waals surface area contributed by atoms with Gasteiger partial charge in [0.05, 0.1) is 18.7 Å². The molecule has 0 fully saturated rings. The zero-order chi connectivity index (χ0) is 21.5. The van der Waals surface area contributed by atoms with Gasteiger partial charge in [0.1, 0.15) is 0 Å². The molecule has 0 spiro atoms. The van der Waals surface area contributed by atoms with Crippen LogP contribution in [0.1, 0.15) is 33.5 Å². The van der Waals surface area contributed by atoms with Crippen LogP contribution in [0.15, 0.2) is 71.2 Å². The minimum absolute atomic E-state index is 0.299. The smallest absolute Gasteiger partial charge is 0.264 e. The Bertz CT molecular complexity index is 1160. The number of rotatable bonds is 5. The molecule has 1 aliphatic rings. The summed E-state index contributed by atoms with van der Waals surface area (Å²) in [5.41, 5.74) is 1.39. The van der Waals surface area contributed by atoms with Gasteiger partial charge in [0.2, 0.25) is 0 Å². The van der Waals surface area contributed by atoms with E-state index in [2.05, 4.69) is 15.9 Å². The predicted molar refractivity (Wildman–Crippen MR) is 121 cm³/mol. The first kappa shape index (κ1) is 20.8. The zero-order valence-electron chi connectivity index (χ0n) is 16.2. The van der Waals surface area contributed by atoms with Gasteiger partial charge in [-0.15, -0.1) is 0 Å². The number of anilines is 1. The van der Waals surface area contributed by atoms with Crippen molar-refractivity contribution in [2.24, 2.45) is 0 Å². The Morgan fingerprint density at radius 1 is 1.10 bits per heavy atom. The average molecular weight is 485 g/mol. The summed E-state index contributed by atoms with van der Waals surface area (Å²) in [5.74, 6) is -0.845. The standard InChI is InChI=1S/C24H19BrClNO3/c1-15-5-2-3-6-17(15)14-27-21-10-9-19(26)12-20(21)24(30,23(27)29)13-22(28)16-7-4-8-18(25)11-16/h2-12,30H,13-14H2,1H3/t24-/m0/s1. The van der Waals surface area contributed by atoms with Crippen molar-refractivity contribution < 1.29 is 14.7 Å². The fraction of sp³-hybridized carbons (Fsp3) is 0.167. The zero-order valence-corrected chi connectivity index (χ0v) is 18.6. The van der Waals surface area contributed by atoms with Crippen LogP contribution in [0.3, 0.4) is 0 Å². The molecule has 0 unspecified atom stereocenters. The fourth-order valence-electron chi connectivity index (χ4n) is 3.80. The van der Waals surface area contributed by atoms with Crippen molar-refractivity contribution in [2.45, 2.75) is 25.5 Å². The molecule has 1 aliphatic heterocycles. The van der Waals surface area contributed by atoms with Gasteiger partial charge in [-0.3, -0.25) is 9.59 Å². The number of hydrogen-bond donors (Lipinski definition) is 1. The Morgan fingerprint density at radius 2 is 1.87 bits per heavy atom. The molecule has 1 heterocycles. The lowest BCUT2D eigenvalue weighted by atomic mass is 9.88. The Labute approximate surface area is 188 Å². The summed E-state index contributed by atoms with van der Waals surface area (Å²) in [6, 6.07) is 19.6. The Balaban J connectivity index is 1.73. The maximum absolute atomic E-state index is 13.4. The molecule has 0 saturated heterocycles. The molecule has 0 saturated carbocycles. The lowest BCUT2D eigenvalue weighted by Crippen LogP contribution is -2.41. The predicted octanol–water partition coefficient (Wildman–Crippen LogP) is 5.42. The molecular weight excluding hydrogens is 466 g/mol. The molecule has 152 valence electrons. The number of halogens is 2. The number of aliphatic hydroxyl groups is 1. The Hall–Kier alpha value is -2.47. The van der Waals surface area contributed by atoms with E-state index in [1.165, 1.54) is 4.90 Å². The number of amides is 1. The number of hydrogen-bond acceptors (Lipinski definition) is 3. The molecule has 0 aliphatic carbocycles. The SMILES string of the molecule is Cc1ccccc1CN1C(=O)[C@](O)(CC(=O)c2cccc(Br)c2)c2cc(Cl)ccc21. The third-order valence-corrected chi connectivity index (χ3v) is 6.17. The minimum Gasteiger partial charge on any atom is -0.375 e. The summed E-state index contributed by atoms with van der Waals surface area (Å²) in [6.07, 6.45) is -0.361. The van der Waals surface area contributed by atoms with Gasteiger partial charge in [-0.1, -0.05) is 63.9 Å². The normalized spacial score (nSPS) is 17.9. The van der Waals surface area contributed by atoms with E-state index in [0.29, 0.717) is 28.4 Å². The molecule has 0 bridgehead atoms. The van der Waals surface area contributed by atoms with Crippen molar-refractivity contribution in [3.8, 4) is 0 Å². The monoisotopic (exact) mass is 483 g/mol. The quantitative estimate of drug-likeness (QED) is 0.492. The number of ketones is 1. The molecule has 3 aromatic rings. The van der Waals surface area contributed by atoms with Gasteiger partial charge < -0.3 is 10.0 Å². The van der Waals surface area contributed by atoms with Crippen LogP contribution in [0.4, 0.5) is 5.69 Å². The topological polar surface area (TPSA) is 57.6 Å². The summed E-state index contributed by atoms with van der Waals surface area (Å²) in [5, 5.41) is 11.9. The molecule has 0 aromatic heterocycles. The molecule has 4 nitrogen and oxygen atoms in total. The number of aryl methyl sites for hydroxylation is 1. The van der Waals surface area contributed by atoms with Crippen LogP contribution >= 0.6 is 27.5 Å². The van der Waals surface area contributed by atoms with Crippen molar-refractivity contribution >= 4 is 44.9 Å². The van der Waals surface area contributed by atoms with E-state index in [-0.39, 0.29) is 12.2 Å². The van der Waals surface area contributed by atoms with Crippen LogP contribution in [0.5, 0.6) is 0 Å². The highest BCUT2D eigenvalue weighted by atomic mass is 79.9. The van der Waals surface area contributed by atoms with Crippen molar-refractivity contribution in [3.63, 3.8) is 0 Å². The van der Waals surface area contributed by atoms with E-state index >= 15 is 0 Å². The maximum Gasteiger partial charge on any atom is 0.264 e. The first-order chi connectivity index (χ1) is 14.3. The molecule has 6 heteroatoms. The maximum atomic E-state index is 13.4. The second-order valence-electron chi connectivity index (χ2n) is 7.45. The minimum atomic E-state index is -1.97. The third-order valence-electron chi connectivity index (χ3n) is 5.45. The van der Waals surface area contributed by atoms with Crippen LogP contribution < -0.4 is 4.90 Å². The van der Waals surface area contributed by atoms with Gasteiger partial charge in [-0.05, 0) is 48.4 Å². The fourth-order valence-corrected chi connectivity index (χ4v) is 4.38. The number of carbonyl (C=O) groups is 2. The molecule has 30 heavy (non-hydrogen) atoms. The molecule has 1 amide bonds. The first-order valence-corrected chi connectivity index (χ1v) is 10.6. The number of Topliss-reactive ketones (excluding diaryl/α,β-unsaturated/α-hetero) is 1. The van der Waals surface area contributed by atoms with Crippen molar-refractivity contribution in [2.75, 3.05) is 4.90 Å². The summed E-state index contributed by atoms with van der Waals surface area (Å²) in [4.78, 5) is 27.9. The van der Waals surface area contributed by atoms with Crippen LogP contribution in [0.2, 0.25) is 5.02 Å². The molecular formula is C24H19BrClNO3. The molecule has 3 aromatic carbocycles. The lowest BCUT2D eigenvalue weighted by Gasteiger charge is -2.23. The Kier molecular flexibility index (Phi) is 5.53. The highest BCUT2D eigenvalue weighted by Gasteiger charge is 2.51. The van der Waals surface area contributed by atoms with Crippen LogP contribution in [0, 0.1) is 6.92 Å². The molecule has 4 rings (SSSR count). The van der Waals surface area contributed by atoms with Gasteiger partial charge in [-0.25, -0.2) is 0 Å². The van der Waals surface area contributed by atoms with E-state index in [4.69, 9.17) is 11.6 Å². The highest BCUT2D eigenvalue weighted by Crippen LogP contribution is 2.45. The molecule has 0 radical (unpaired) electrons. The van der Waals surface area contributed by atoms with Crippen LogP contribution in [-0.4, -0.2) is 16.8 Å². The second kappa shape index (κ2) is 7.99. The molecule has 1 atom stereocenters. The number of nitrogens with zero attached hydrogens (tertiary/aromatic N) is 1. The largest absolute Gasteiger partial charge is 0.375 e. The first-order valence-electron chi connectivity index (χ1n) is 9.47. The van der Waals surface area contributed by atoms with E-state index in [9.17, 15) is 14.7 Å². The van der Waals surface area contributed by atoms with Crippen LogP contribution in [0.25, 0.3) is 0 Å². The van der Waals surface area contributed by atoms with Crippen LogP contribution in [-0.2, 0) is 16.9 Å². The average Bonchev–Trinajstić information content (AvgIpc) is 2.91. The van der Waals surface area contributed by atoms with Gasteiger partial charge in [0.15, 0.2) is 11.4 Å². The van der Waals surface area contributed by atoms with E-state index < -0.39 is 11.5 Å². The van der Waals surface area contributed by atoms with E-state index in [1.807, 2.05) is 37.3 Å². The summed E-state index contributed by atoms with van der Waals surface area (Å²) >= 11 is 9.52. The van der Waals surface area contributed by atoms with Gasteiger partial charge in [-0.2, -0.15) is 0 Å². The summed E-state index contributed by atoms with van der Waals surface area (Å²) in [6.45, 7) is 2.27. The second-order valence-corrected chi connectivity index (χ2v) is 8.80. The van der Waals surface area contributed by atoms with Crippen molar-refractivity contribution in [1.29, 1.82) is 0 Å². The van der Waals surface area contributed by atoms with Gasteiger partial charge >= 0.3 is 0 Å². The lowest BCUT2D eigenvalue weighted by molar-refractivity contribution is -0.136. The molecule has 1 N–H and O–H groups in total. The van der Waals surface area contributed by atoms with E-state index in [0.717, 1.165) is 15.6 Å². The number of carbonyl (C=O) groups excluding carboxylic acids is 2. The highest BCUT2D eigenvalue weighted by molar-refractivity contribution is 9.10. The van der Waals surface area contributed by atoms with Gasteiger partial charge in [0, 0.05) is 20.6 Å². The summed E-state index contributed by atoms with van der Waals surface area (Å²) < 4.78 is 0.753. The van der Waals surface area contributed by atoms with E-state index in [1.54, 1.807) is 36.4 Å². The summed E-state index contributed by atoms with van der Waals surface area (Å²) in [7, 11) is 0. The van der Waals surface area contributed by atoms with Gasteiger partial charge in [0.25, 0.3) is 5.91 Å². The van der Waals surface area contributed by atoms with Crippen molar-refractivity contribution in [3.05, 3.63) is 98.5 Å². The number of fused-ring (bicyclic) bond motifs is 1. The number of benzene rings is 3. The third kappa shape index (κ3) is 3.69. The van der Waals surface area contributed by atoms with Crippen molar-refractivity contribution in [1.82, 2.24) is 0 Å².